The van der Waals surface area contributed by atoms with E-state index in [4.69, 9.17) is 33.7 Å². The molecule has 0 bridgehead atoms. The van der Waals surface area contributed by atoms with E-state index in [1.165, 1.54) is 16.5 Å². The van der Waals surface area contributed by atoms with Crippen LogP contribution in [0.4, 0.5) is 14.6 Å². The molecule has 0 radical (unpaired) electrons. The number of nitrogens with two attached hydrogens (primary N) is 1. The number of hydrogen-bond donors (Lipinski definition) is 1. The predicted octanol–water partition coefficient (Wildman–Crippen LogP) is 4.36. The summed E-state index contributed by atoms with van der Waals surface area (Å²) in [5.41, 5.74) is 8.57. The van der Waals surface area contributed by atoms with Crippen molar-refractivity contribution in [1.82, 2.24) is 14.6 Å². The summed E-state index contributed by atoms with van der Waals surface area (Å²) in [6.07, 6.45) is -2.52. The highest BCUT2D eigenvalue weighted by molar-refractivity contribution is 6.39. The van der Waals surface area contributed by atoms with Crippen LogP contribution in [-0.2, 0) is 0 Å². The van der Waals surface area contributed by atoms with Gasteiger partial charge in [-0.1, -0.05) is 23.2 Å². The van der Waals surface area contributed by atoms with Crippen LogP contribution >= 0.6 is 23.2 Å². The van der Waals surface area contributed by atoms with Gasteiger partial charge in [0, 0.05) is 30.4 Å². The van der Waals surface area contributed by atoms with Crippen LogP contribution in [-0.4, -0.2) is 47.8 Å². The van der Waals surface area contributed by atoms with Crippen molar-refractivity contribution >= 4 is 34.7 Å². The second kappa shape index (κ2) is 8.69. The van der Waals surface area contributed by atoms with Crippen molar-refractivity contribution in [1.29, 1.82) is 0 Å². The molecule has 2 heterocycles. The van der Waals surface area contributed by atoms with Crippen molar-refractivity contribution < 1.29 is 13.5 Å². The molecule has 0 fully saturated rings. The third-order valence-corrected chi connectivity index (χ3v) is 5.05. The first-order chi connectivity index (χ1) is 13.8. The molecule has 0 amide bonds. The van der Waals surface area contributed by atoms with Gasteiger partial charge in [-0.15, -0.1) is 0 Å². The van der Waals surface area contributed by atoms with Crippen LogP contribution in [0.15, 0.2) is 18.2 Å². The first kappa shape index (κ1) is 21.5. The van der Waals surface area contributed by atoms with E-state index in [9.17, 15) is 8.78 Å². The zero-order chi connectivity index (χ0) is 21.3. The first-order valence-electron chi connectivity index (χ1n) is 8.90. The number of anilines is 1. The maximum absolute atomic E-state index is 13.1. The van der Waals surface area contributed by atoms with E-state index >= 15 is 0 Å². The molecular weight excluding hydrogens is 423 g/mol. The van der Waals surface area contributed by atoms with Gasteiger partial charge in [0.05, 0.1) is 35.0 Å². The summed E-state index contributed by atoms with van der Waals surface area (Å²) in [5, 5.41) is 5.30. The van der Waals surface area contributed by atoms with Crippen LogP contribution in [0.25, 0.3) is 16.8 Å². The Kier molecular flexibility index (Phi) is 6.45. The third kappa shape index (κ3) is 4.24. The fourth-order valence-electron chi connectivity index (χ4n) is 3.27. The topological polar surface area (TPSA) is 68.7 Å². The Balaban J connectivity index is 2.27. The summed E-state index contributed by atoms with van der Waals surface area (Å²) in [6.45, 7) is 3.59. The van der Waals surface area contributed by atoms with E-state index in [2.05, 4.69) is 10.1 Å². The fraction of sp³-hybridized carbons (Fsp3) is 0.368. The number of aryl methyl sites for hydroxylation is 2. The molecule has 0 aliphatic rings. The zero-order valence-electron chi connectivity index (χ0n) is 16.2. The average molecular weight is 444 g/mol. The first-order valence-corrected chi connectivity index (χ1v) is 9.66. The second-order valence-corrected chi connectivity index (χ2v) is 7.36. The SMILES string of the molecule is COc1cc(Cl)c(-c2c(C)nn3c(N(CCN)CC(F)F)cc(C)nc23)c(Cl)c1. The Labute approximate surface area is 177 Å². The van der Waals surface area contributed by atoms with E-state index in [0.29, 0.717) is 49.8 Å². The summed E-state index contributed by atoms with van der Waals surface area (Å²) in [4.78, 5) is 6.09. The minimum atomic E-state index is -2.52. The summed E-state index contributed by atoms with van der Waals surface area (Å²) in [6, 6.07) is 5.01. The number of methoxy groups -OCH3 is 1. The molecule has 0 aliphatic carbocycles. The number of aromatic nitrogens is 3. The van der Waals surface area contributed by atoms with Gasteiger partial charge in [0.25, 0.3) is 6.43 Å². The Morgan fingerprint density at radius 1 is 1.17 bits per heavy atom. The lowest BCUT2D eigenvalue weighted by Crippen LogP contribution is -2.35. The molecule has 156 valence electrons. The van der Waals surface area contributed by atoms with Crippen molar-refractivity contribution in [3.63, 3.8) is 0 Å². The molecule has 0 unspecified atom stereocenters. The summed E-state index contributed by atoms with van der Waals surface area (Å²) >= 11 is 13.0. The van der Waals surface area contributed by atoms with Crippen molar-refractivity contribution in [2.45, 2.75) is 20.3 Å². The molecule has 6 nitrogen and oxygen atoms in total. The van der Waals surface area contributed by atoms with E-state index < -0.39 is 13.0 Å². The van der Waals surface area contributed by atoms with Gasteiger partial charge in [-0.25, -0.2) is 13.8 Å². The highest BCUT2D eigenvalue weighted by Crippen LogP contribution is 2.41. The number of benzene rings is 1. The molecular formula is C19H21Cl2F2N5O. The summed E-state index contributed by atoms with van der Waals surface area (Å²) in [7, 11) is 1.52. The van der Waals surface area contributed by atoms with Gasteiger partial charge in [0.1, 0.15) is 11.6 Å². The molecule has 3 rings (SSSR count). The average Bonchev–Trinajstić information content (AvgIpc) is 2.95. The minimum absolute atomic E-state index is 0.221. The van der Waals surface area contributed by atoms with Crippen LogP contribution < -0.4 is 15.4 Å². The monoisotopic (exact) mass is 443 g/mol. The lowest BCUT2D eigenvalue weighted by atomic mass is 10.1. The number of hydrogen-bond acceptors (Lipinski definition) is 5. The number of rotatable bonds is 7. The molecule has 0 saturated heterocycles. The van der Waals surface area contributed by atoms with Crippen LogP contribution in [0.5, 0.6) is 5.75 Å². The van der Waals surface area contributed by atoms with E-state index in [0.717, 1.165) is 0 Å². The third-order valence-electron chi connectivity index (χ3n) is 4.46. The molecule has 3 aromatic rings. The molecule has 0 atom stereocenters. The Bertz CT molecular complexity index is 1020. The lowest BCUT2D eigenvalue weighted by molar-refractivity contribution is 0.154. The van der Waals surface area contributed by atoms with E-state index in [-0.39, 0.29) is 13.1 Å². The minimum Gasteiger partial charge on any atom is -0.497 e. The zero-order valence-corrected chi connectivity index (χ0v) is 17.7. The number of ether oxygens (including phenoxy) is 1. The number of nitrogens with zero attached hydrogens (tertiary/aromatic N) is 4. The molecule has 1 aromatic carbocycles. The van der Waals surface area contributed by atoms with Crippen LogP contribution in [0.1, 0.15) is 11.4 Å². The van der Waals surface area contributed by atoms with Crippen molar-refractivity contribution in [3.8, 4) is 16.9 Å². The fourth-order valence-corrected chi connectivity index (χ4v) is 3.93. The van der Waals surface area contributed by atoms with Gasteiger partial charge < -0.3 is 15.4 Å². The van der Waals surface area contributed by atoms with Crippen LogP contribution in [0.3, 0.4) is 0 Å². The number of halogens is 4. The highest BCUT2D eigenvalue weighted by Gasteiger charge is 2.23. The Hall–Kier alpha value is -2.16. The maximum Gasteiger partial charge on any atom is 0.255 e. The van der Waals surface area contributed by atoms with Gasteiger partial charge in [0.2, 0.25) is 0 Å². The summed E-state index contributed by atoms with van der Waals surface area (Å²) < 4.78 is 33.0. The smallest absolute Gasteiger partial charge is 0.255 e. The van der Waals surface area contributed by atoms with Crippen molar-refractivity contribution in [2.75, 3.05) is 31.6 Å². The predicted molar refractivity (Wildman–Crippen MR) is 112 cm³/mol. The van der Waals surface area contributed by atoms with Crippen molar-refractivity contribution in [2.24, 2.45) is 5.73 Å². The Morgan fingerprint density at radius 2 is 1.83 bits per heavy atom. The molecule has 29 heavy (non-hydrogen) atoms. The second-order valence-electron chi connectivity index (χ2n) is 6.54. The summed E-state index contributed by atoms with van der Waals surface area (Å²) in [5.74, 6) is 1.00. The number of fused-ring (bicyclic) bond motifs is 1. The largest absolute Gasteiger partial charge is 0.497 e. The quantitative estimate of drug-likeness (QED) is 0.587. The van der Waals surface area contributed by atoms with Gasteiger partial charge in [0.15, 0.2) is 5.65 Å². The van der Waals surface area contributed by atoms with Gasteiger partial charge in [-0.2, -0.15) is 9.61 Å². The molecule has 0 saturated carbocycles. The van der Waals surface area contributed by atoms with Gasteiger partial charge >= 0.3 is 0 Å². The molecule has 10 heteroatoms. The number of alkyl halides is 2. The lowest BCUT2D eigenvalue weighted by Gasteiger charge is -2.24. The molecule has 2 aromatic heterocycles. The molecule has 0 aliphatic heterocycles. The highest BCUT2D eigenvalue weighted by atomic mass is 35.5. The normalized spacial score (nSPS) is 11.5. The van der Waals surface area contributed by atoms with Crippen LogP contribution in [0, 0.1) is 13.8 Å². The van der Waals surface area contributed by atoms with E-state index in [1.807, 2.05) is 0 Å². The molecule has 2 N–H and O–H groups in total. The molecule has 0 spiro atoms. The van der Waals surface area contributed by atoms with Gasteiger partial charge in [-0.3, -0.25) is 0 Å². The van der Waals surface area contributed by atoms with E-state index in [1.54, 1.807) is 32.0 Å². The van der Waals surface area contributed by atoms with Crippen molar-refractivity contribution in [3.05, 3.63) is 39.6 Å². The van der Waals surface area contributed by atoms with Gasteiger partial charge in [-0.05, 0) is 26.0 Å². The van der Waals surface area contributed by atoms with Crippen LogP contribution in [0.2, 0.25) is 10.0 Å². The standard InChI is InChI=1S/C19H21Cl2F2N5O/c1-10-6-16(27(5-4-24)9-15(22)23)28-19(25-10)17(11(2)26-28)18-13(20)7-12(29-3)8-14(18)21/h6-8,15H,4-5,9,24H2,1-3H3. The Morgan fingerprint density at radius 3 is 2.38 bits per heavy atom. The maximum atomic E-state index is 13.1.